The van der Waals surface area contributed by atoms with E-state index < -0.39 is 0 Å². The van der Waals surface area contributed by atoms with Crippen LogP contribution in [0.1, 0.15) is 0 Å². The Labute approximate surface area is 276 Å². The maximum atomic E-state index is 6.35. The second kappa shape index (κ2) is 9.57. The smallest absolute Gasteiger partial charge is 0.136 e. The molecule has 2 aromatic heterocycles. The van der Waals surface area contributed by atoms with Gasteiger partial charge in [-0.15, -0.1) is 0 Å². The van der Waals surface area contributed by atoms with E-state index in [9.17, 15) is 0 Å². The van der Waals surface area contributed by atoms with E-state index in [1.54, 1.807) is 0 Å². The first-order valence-electron chi connectivity index (χ1n) is 16.5. The van der Waals surface area contributed by atoms with Crippen molar-refractivity contribution in [2.24, 2.45) is 0 Å². The van der Waals surface area contributed by atoms with Crippen LogP contribution in [0.5, 0.6) is 0 Å². The van der Waals surface area contributed by atoms with Gasteiger partial charge in [-0.25, -0.2) is 0 Å². The van der Waals surface area contributed by atoms with E-state index in [2.05, 4.69) is 168 Å². The van der Waals surface area contributed by atoms with Crippen LogP contribution in [0.3, 0.4) is 0 Å². The summed E-state index contributed by atoms with van der Waals surface area (Å²) in [4.78, 5) is 0. The van der Waals surface area contributed by atoms with Gasteiger partial charge in [0.2, 0.25) is 0 Å². The van der Waals surface area contributed by atoms with Crippen molar-refractivity contribution in [3.05, 3.63) is 164 Å². The minimum Gasteiger partial charge on any atom is -0.456 e. The van der Waals surface area contributed by atoms with Crippen molar-refractivity contribution in [1.82, 2.24) is 4.57 Å². The lowest BCUT2D eigenvalue weighted by molar-refractivity contribution is 0.669. The molecule has 0 N–H and O–H groups in total. The molecule has 0 saturated carbocycles. The van der Waals surface area contributed by atoms with Crippen molar-refractivity contribution in [3.8, 4) is 27.9 Å². The highest BCUT2D eigenvalue weighted by Crippen LogP contribution is 2.48. The van der Waals surface area contributed by atoms with Gasteiger partial charge in [0.1, 0.15) is 11.2 Å². The minimum atomic E-state index is 0.938. The number of benzene rings is 9. The average Bonchev–Trinajstić information content (AvgIpc) is 3.70. The molecule has 0 saturated heterocycles. The molecule has 2 heterocycles. The van der Waals surface area contributed by atoms with Crippen molar-refractivity contribution in [2.45, 2.75) is 0 Å². The topological polar surface area (TPSA) is 18.1 Å². The molecule has 48 heavy (non-hydrogen) atoms. The highest BCUT2D eigenvalue weighted by atomic mass is 16.3. The lowest BCUT2D eigenvalue weighted by Gasteiger charge is -2.19. The Morgan fingerprint density at radius 1 is 0.375 bits per heavy atom. The molecular weight excluding hydrogens is 583 g/mol. The molecule has 0 fully saturated rings. The number of fused-ring (bicyclic) bond motifs is 5. The molecule has 0 amide bonds. The van der Waals surface area contributed by atoms with E-state index >= 15 is 0 Å². The fourth-order valence-electron chi connectivity index (χ4n) is 8.41. The largest absolute Gasteiger partial charge is 0.456 e. The highest BCUT2D eigenvalue weighted by molar-refractivity contribution is 6.29. The Morgan fingerprint density at radius 3 is 1.56 bits per heavy atom. The highest BCUT2D eigenvalue weighted by Gasteiger charge is 2.22. The summed E-state index contributed by atoms with van der Waals surface area (Å²) in [5.74, 6) is 0. The first-order valence-corrected chi connectivity index (χ1v) is 16.5. The summed E-state index contributed by atoms with van der Waals surface area (Å²) in [7, 11) is 0. The van der Waals surface area contributed by atoms with Crippen molar-refractivity contribution in [2.75, 3.05) is 0 Å². The first-order chi connectivity index (χ1) is 23.8. The molecule has 0 aliphatic rings. The number of rotatable bonds is 3. The van der Waals surface area contributed by atoms with Crippen molar-refractivity contribution in [1.29, 1.82) is 0 Å². The fourth-order valence-corrected chi connectivity index (χ4v) is 8.41. The second-order valence-electron chi connectivity index (χ2n) is 12.8. The molecule has 0 atom stereocenters. The predicted octanol–water partition coefficient (Wildman–Crippen LogP) is 12.9. The number of hydrogen-bond acceptors (Lipinski definition) is 1. The Morgan fingerprint density at radius 2 is 0.896 bits per heavy atom. The van der Waals surface area contributed by atoms with Crippen LogP contribution in [0.25, 0.3) is 104 Å². The zero-order chi connectivity index (χ0) is 31.3. The van der Waals surface area contributed by atoms with E-state index in [-0.39, 0.29) is 0 Å². The van der Waals surface area contributed by atoms with Crippen LogP contribution in [-0.2, 0) is 0 Å². The van der Waals surface area contributed by atoms with E-state index in [0.29, 0.717) is 0 Å². The Bertz CT molecular complexity index is 2960. The van der Waals surface area contributed by atoms with Gasteiger partial charge < -0.3 is 8.98 Å². The summed E-state index contributed by atoms with van der Waals surface area (Å²) in [5, 5.41) is 12.4. The summed E-state index contributed by atoms with van der Waals surface area (Å²) >= 11 is 0. The normalized spacial score (nSPS) is 12.2. The third-order valence-electron chi connectivity index (χ3n) is 10.3. The molecule has 11 rings (SSSR count). The molecule has 222 valence electrons. The summed E-state index contributed by atoms with van der Waals surface area (Å²) in [6.07, 6.45) is 0. The van der Waals surface area contributed by atoms with Crippen molar-refractivity contribution >= 4 is 76.1 Å². The second-order valence-corrected chi connectivity index (χ2v) is 12.8. The van der Waals surface area contributed by atoms with Gasteiger partial charge in [0.15, 0.2) is 0 Å². The van der Waals surface area contributed by atoms with E-state index in [1.165, 1.54) is 87.1 Å². The molecule has 2 heteroatoms. The SMILES string of the molecule is c1cc(-c2c3ccccc3c(-c3cc4cccc5oc6cccc3c6c45)c3ccccc23)cc(-n2c3ccccc3c3ccccc32)c1. The number of furan rings is 1. The predicted molar refractivity (Wildman–Crippen MR) is 203 cm³/mol. The van der Waals surface area contributed by atoms with Crippen LogP contribution in [-0.4, -0.2) is 4.57 Å². The lowest BCUT2D eigenvalue weighted by Crippen LogP contribution is -1.95. The molecule has 0 aliphatic carbocycles. The maximum absolute atomic E-state index is 6.35. The lowest BCUT2D eigenvalue weighted by atomic mass is 9.84. The molecule has 9 aromatic carbocycles. The van der Waals surface area contributed by atoms with E-state index in [1.807, 2.05) is 0 Å². The molecule has 0 aliphatic heterocycles. The van der Waals surface area contributed by atoms with Crippen molar-refractivity contribution in [3.63, 3.8) is 0 Å². The molecular formula is C46H27NO. The Kier molecular flexibility index (Phi) is 5.14. The van der Waals surface area contributed by atoms with Gasteiger partial charge in [0, 0.05) is 27.2 Å². The number of aromatic nitrogens is 1. The van der Waals surface area contributed by atoms with Gasteiger partial charge >= 0.3 is 0 Å². The quantitative estimate of drug-likeness (QED) is 0.144. The summed E-state index contributed by atoms with van der Waals surface area (Å²) < 4.78 is 8.76. The minimum absolute atomic E-state index is 0.938. The van der Waals surface area contributed by atoms with Gasteiger partial charge in [-0.05, 0) is 97.0 Å². The standard InChI is InChI=1S/C46H27NO/c1-3-19-35-33(17-1)43(28-12-9-14-30(26-28)47-39-22-7-5-15-31(39)32-16-6-8-23-40(32)47)34-18-2-4-20-36(34)45(35)38-27-29-13-10-24-41-44(29)46-37(38)21-11-25-42(46)48-41/h1-27H. The Hall–Kier alpha value is -6.38. The van der Waals surface area contributed by atoms with E-state index in [0.717, 1.165) is 16.9 Å². The summed E-state index contributed by atoms with van der Waals surface area (Å²) in [6.45, 7) is 0. The molecule has 0 spiro atoms. The monoisotopic (exact) mass is 609 g/mol. The molecule has 0 bridgehead atoms. The number of nitrogens with zero attached hydrogens (tertiary/aromatic N) is 1. The summed E-state index contributed by atoms with van der Waals surface area (Å²) in [6, 6.07) is 59.6. The molecule has 11 aromatic rings. The van der Waals surface area contributed by atoms with Gasteiger partial charge in [-0.1, -0.05) is 121 Å². The van der Waals surface area contributed by atoms with Crippen LogP contribution in [0.15, 0.2) is 168 Å². The maximum Gasteiger partial charge on any atom is 0.136 e. The van der Waals surface area contributed by atoms with Gasteiger partial charge in [0.05, 0.1) is 11.0 Å². The molecule has 0 radical (unpaired) electrons. The average molecular weight is 610 g/mol. The van der Waals surface area contributed by atoms with Crippen LogP contribution in [0, 0.1) is 0 Å². The van der Waals surface area contributed by atoms with Gasteiger partial charge in [-0.2, -0.15) is 0 Å². The molecule has 0 unspecified atom stereocenters. The third-order valence-corrected chi connectivity index (χ3v) is 10.3. The van der Waals surface area contributed by atoms with Gasteiger partial charge in [-0.3, -0.25) is 0 Å². The van der Waals surface area contributed by atoms with Crippen molar-refractivity contribution < 1.29 is 4.42 Å². The van der Waals surface area contributed by atoms with Crippen LogP contribution >= 0.6 is 0 Å². The number of hydrogen-bond donors (Lipinski definition) is 0. The zero-order valence-electron chi connectivity index (χ0n) is 25.9. The van der Waals surface area contributed by atoms with Crippen LogP contribution in [0.2, 0.25) is 0 Å². The number of para-hydroxylation sites is 2. The summed E-state index contributed by atoms with van der Waals surface area (Å²) in [5.41, 5.74) is 10.4. The molecule has 2 nitrogen and oxygen atoms in total. The van der Waals surface area contributed by atoms with Crippen LogP contribution in [0.4, 0.5) is 0 Å². The third kappa shape index (κ3) is 3.41. The zero-order valence-corrected chi connectivity index (χ0v) is 25.9. The Balaban J connectivity index is 1.23. The van der Waals surface area contributed by atoms with Gasteiger partial charge in [0.25, 0.3) is 0 Å². The fraction of sp³-hybridized carbons (Fsp3) is 0. The first kappa shape index (κ1) is 25.8. The van der Waals surface area contributed by atoms with Crippen LogP contribution < -0.4 is 0 Å². The van der Waals surface area contributed by atoms with E-state index in [4.69, 9.17) is 4.42 Å².